The number of hydrogen-bond donors (Lipinski definition) is 2. The molecular formula is C9H15ClN4S. The molecule has 1 aliphatic heterocycles. The second-order valence-corrected chi connectivity index (χ2v) is 4.74. The smallest absolute Gasteiger partial charge is 0.184 e. The SMILES string of the molecule is Clc1csc(NCCN2CCNCC2)n1. The van der Waals surface area contributed by atoms with Crippen LogP contribution in [0.25, 0.3) is 0 Å². The van der Waals surface area contributed by atoms with Crippen LogP contribution in [0.1, 0.15) is 0 Å². The van der Waals surface area contributed by atoms with Gasteiger partial charge in [-0.05, 0) is 0 Å². The van der Waals surface area contributed by atoms with Crippen LogP contribution in [0.15, 0.2) is 5.38 Å². The first-order valence-electron chi connectivity index (χ1n) is 5.12. The molecule has 0 amide bonds. The minimum Gasteiger partial charge on any atom is -0.360 e. The third-order valence-electron chi connectivity index (χ3n) is 2.39. The van der Waals surface area contributed by atoms with E-state index in [4.69, 9.17) is 11.6 Å². The molecule has 15 heavy (non-hydrogen) atoms. The maximum atomic E-state index is 5.73. The van der Waals surface area contributed by atoms with E-state index in [1.54, 1.807) is 11.3 Å². The summed E-state index contributed by atoms with van der Waals surface area (Å²) in [6, 6.07) is 0. The van der Waals surface area contributed by atoms with Crippen LogP contribution in [-0.4, -0.2) is 49.2 Å². The highest BCUT2D eigenvalue weighted by atomic mass is 35.5. The Morgan fingerprint density at radius 2 is 2.33 bits per heavy atom. The van der Waals surface area contributed by atoms with E-state index in [0.29, 0.717) is 5.15 Å². The Morgan fingerprint density at radius 3 is 3.00 bits per heavy atom. The number of aromatic nitrogens is 1. The summed E-state index contributed by atoms with van der Waals surface area (Å²) in [5, 5.41) is 9.94. The van der Waals surface area contributed by atoms with Gasteiger partial charge >= 0.3 is 0 Å². The van der Waals surface area contributed by atoms with Crippen molar-refractivity contribution < 1.29 is 0 Å². The van der Waals surface area contributed by atoms with Crippen molar-refractivity contribution in [2.75, 3.05) is 44.6 Å². The molecule has 6 heteroatoms. The van der Waals surface area contributed by atoms with Crippen molar-refractivity contribution >= 4 is 28.1 Å². The van der Waals surface area contributed by atoms with Gasteiger partial charge in [0.15, 0.2) is 5.13 Å². The van der Waals surface area contributed by atoms with Gasteiger partial charge in [0.2, 0.25) is 0 Å². The quantitative estimate of drug-likeness (QED) is 0.835. The molecule has 0 atom stereocenters. The number of rotatable bonds is 4. The van der Waals surface area contributed by atoms with Gasteiger partial charge in [0.25, 0.3) is 0 Å². The van der Waals surface area contributed by atoms with Crippen LogP contribution >= 0.6 is 22.9 Å². The number of nitrogens with zero attached hydrogens (tertiary/aromatic N) is 2. The number of halogens is 1. The van der Waals surface area contributed by atoms with Crippen molar-refractivity contribution in [3.05, 3.63) is 10.5 Å². The molecule has 1 aromatic rings. The highest BCUT2D eigenvalue weighted by molar-refractivity contribution is 7.14. The molecule has 1 aliphatic rings. The van der Waals surface area contributed by atoms with E-state index >= 15 is 0 Å². The molecule has 0 saturated carbocycles. The zero-order valence-corrected chi connectivity index (χ0v) is 10.1. The third-order valence-corrected chi connectivity index (χ3v) is 3.51. The molecule has 0 aromatic carbocycles. The van der Waals surface area contributed by atoms with E-state index in [0.717, 1.165) is 44.4 Å². The Hall–Kier alpha value is -0.360. The van der Waals surface area contributed by atoms with Gasteiger partial charge in [-0.2, -0.15) is 0 Å². The van der Waals surface area contributed by atoms with Crippen molar-refractivity contribution in [3.8, 4) is 0 Å². The molecule has 1 saturated heterocycles. The lowest BCUT2D eigenvalue weighted by atomic mass is 10.3. The van der Waals surface area contributed by atoms with Gasteiger partial charge in [-0.15, -0.1) is 11.3 Å². The molecule has 0 radical (unpaired) electrons. The standard InChI is InChI=1S/C9H15ClN4S/c10-8-7-15-9(13-8)12-3-6-14-4-1-11-2-5-14/h7,11H,1-6H2,(H,12,13). The zero-order chi connectivity index (χ0) is 10.5. The molecule has 2 rings (SSSR count). The van der Waals surface area contributed by atoms with Crippen LogP contribution in [0, 0.1) is 0 Å². The van der Waals surface area contributed by atoms with Crippen LogP contribution < -0.4 is 10.6 Å². The Balaban J connectivity index is 1.65. The second-order valence-electron chi connectivity index (χ2n) is 3.49. The van der Waals surface area contributed by atoms with E-state index in [9.17, 15) is 0 Å². The van der Waals surface area contributed by atoms with Crippen LogP contribution in [0.3, 0.4) is 0 Å². The fourth-order valence-corrected chi connectivity index (χ4v) is 2.46. The van der Waals surface area contributed by atoms with Crippen molar-refractivity contribution in [2.45, 2.75) is 0 Å². The lowest BCUT2D eigenvalue weighted by Crippen LogP contribution is -2.45. The van der Waals surface area contributed by atoms with Crippen LogP contribution in [0.4, 0.5) is 5.13 Å². The lowest BCUT2D eigenvalue weighted by Gasteiger charge is -2.26. The fourth-order valence-electron chi connectivity index (χ4n) is 1.59. The van der Waals surface area contributed by atoms with Crippen molar-refractivity contribution in [1.82, 2.24) is 15.2 Å². The second kappa shape index (κ2) is 5.65. The lowest BCUT2D eigenvalue weighted by molar-refractivity contribution is 0.249. The molecule has 4 nitrogen and oxygen atoms in total. The molecule has 84 valence electrons. The number of piperazine rings is 1. The molecule has 0 unspecified atom stereocenters. The van der Waals surface area contributed by atoms with Crippen molar-refractivity contribution in [2.24, 2.45) is 0 Å². The van der Waals surface area contributed by atoms with Gasteiger partial charge in [-0.1, -0.05) is 11.6 Å². The predicted molar refractivity (Wildman–Crippen MR) is 64.9 cm³/mol. The fraction of sp³-hybridized carbons (Fsp3) is 0.667. The summed E-state index contributed by atoms with van der Waals surface area (Å²) in [5.74, 6) is 0. The number of thiazole rings is 1. The Bertz CT molecular complexity index is 298. The molecule has 2 heterocycles. The zero-order valence-electron chi connectivity index (χ0n) is 8.50. The molecular weight excluding hydrogens is 232 g/mol. The third kappa shape index (κ3) is 3.61. The Morgan fingerprint density at radius 1 is 1.53 bits per heavy atom. The Kier molecular flexibility index (Phi) is 4.19. The summed E-state index contributed by atoms with van der Waals surface area (Å²) >= 11 is 7.28. The maximum Gasteiger partial charge on any atom is 0.184 e. The summed E-state index contributed by atoms with van der Waals surface area (Å²) in [6.45, 7) is 6.48. The number of anilines is 1. The summed E-state index contributed by atoms with van der Waals surface area (Å²) in [7, 11) is 0. The summed E-state index contributed by atoms with van der Waals surface area (Å²) < 4.78 is 0. The first-order chi connectivity index (χ1) is 7.34. The van der Waals surface area contributed by atoms with E-state index in [2.05, 4.69) is 20.5 Å². The first kappa shape index (κ1) is 11.1. The highest BCUT2D eigenvalue weighted by Gasteiger charge is 2.08. The minimum absolute atomic E-state index is 0.574. The van der Waals surface area contributed by atoms with Gasteiger partial charge in [-0.3, -0.25) is 4.90 Å². The van der Waals surface area contributed by atoms with Gasteiger partial charge in [0, 0.05) is 44.6 Å². The molecule has 2 N–H and O–H groups in total. The van der Waals surface area contributed by atoms with E-state index in [1.807, 2.05) is 5.38 Å². The molecule has 1 aromatic heterocycles. The van der Waals surface area contributed by atoms with Gasteiger partial charge in [0.05, 0.1) is 0 Å². The van der Waals surface area contributed by atoms with E-state index in [1.165, 1.54) is 0 Å². The average molecular weight is 247 g/mol. The van der Waals surface area contributed by atoms with Gasteiger partial charge < -0.3 is 10.6 Å². The summed E-state index contributed by atoms with van der Waals surface area (Å²) in [4.78, 5) is 6.58. The van der Waals surface area contributed by atoms with Gasteiger partial charge in [-0.25, -0.2) is 4.98 Å². The van der Waals surface area contributed by atoms with E-state index in [-0.39, 0.29) is 0 Å². The first-order valence-corrected chi connectivity index (χ1v) is 6.38. The van der Waals surface area contributed by atoms with Gasteiger partial charge in [0.1, 0.15) is 5.15 Å². The van der Waals surface area contributed by atoms with Crippen LogP contribution in [0.2, 0.25) is 5.15 Å². The predicted octanol–water partition coefficient (Wildman–Crippen LogP) is 1.11. The minimum atomic E-state index is 0.574. The van der Waals surface area contributed by atoms with Crippen LogP contribution in [-0.2, 0) is 0 Å². The summed E-state index contributed by atoms with van der Waals surface area (Å²) in [5.41, 5.74) is 0. The normalized spacial score (nSPS) is 17.9. The largest absolute Gasteiger partial charge is 0.360 e. The molecule has 0 bridgehead atoms. The molecule has 0 spiro atoms. The summed E-state index contributed by atoms with van der Waals surface area (Å²) in [6.07, 6.45) is 0. The average Bonchev–Trinajstić information content (AvgIpc) is 2.66. The van der Waals surface area contributed by atoms with E-state index < -0.39 is 0 Å². The number of hydrogen-bond acceptors (Lipinski definition) is 5. The molecule has 0 aliphatic carbocycles. The highest BCUT2D eigenvalue weighted by Crippen LogP contribution is 2.18. The maximum absolute atomic E-state index is 5.73. The number of nitrogens with one attached hydrogen (secondary N) is 2. The topological polar surface area (TPSA) is 40.2 Å². The monoisotopic (exact) mass is 246 g/mol. The van der Waals surface area contributed by atoms with Crippen molar-refractivity contribution in [3.63, 3.8) is 0 Å². The van der Waals surface area contributed by atoms with Crippen molar-refractivity contribution in [1.29, 1.82) is 0 Å². The Labute approximate surface area is 98.6 Å². The van der Waals surface area contributed by atoms with Crippen LogP contribution in [0.5, 0.6) is 0 Å². The molecule has 1 fully saturated rings.